The van der Waals surface area contributed by atoms with Gasteiger partial charge in [0, 0.05) is 16.7 Å². The van der Waals surface area contributed by atoms with Crippen LogP contribution in [-0.2, 0) is 4.79 Å². The van der Waals surface area contributed by atoms with Crippen molar-refractivity contribution < 1.29 is 19.0 Å². The van der Waals surface area contributed by atoms with Gasteiger partial charge in [-0.15, -0.1) is 0 Å². The summed E-state index contributed by atoms with van der Waals surface area (Å²) in [5.41, 5.74) is 3.44. The minimum atomic E-state index is 0.0916. The smallest absolute Gasteiger partial charge is 0.185 e. The highest BCUT2D eigenvalue weighted by molar-refractivity contribution is 6.14. The number of ketones is 1. The van der Waals surface area contributed by atoms with E-state index in [2.05, 4.69) is 0 Å². The first-order valence-corrected chi connectivity index (χ1v) is 8.97. The lowest BCUT2D eigenvalue weighted by Crippen LogP contribution is -2.12. The highest BCUT2D eigenvalue weighted by Crippen LogP contribution is 2.35. The van der Waals surface area contributed by atoms with E-state index in [1.54, 1.807) is 21.3 Å². The Bertz CT molecular complexity index is 893. The third-order valence-corrected chi connectivity index (χ3v) is 4.67. The summed E-state index contributed by atoms with van der Waals surface area (Å²) in [5.74, 6) is 2.17. The molecule has 0 saturated heterocycles. The van der Waals surface area contributed by atoms with Gasteiger partial charge in [0.05, 0.1) is 21.3 Å². The molecule has 1 fully saturated rings. The number of benzene rings is 2. The number of hydrogen-bond acceptors (Lipinski definition) is 4. The number of allylic oxidation sites excluding steroid dienone is 2. The minimum absolute atomic E-state index is 0.0916. The van der Waals surface area contributed by atoms with Crippen molar-refractivity contribution in [3.8, 4) is 17.2 Å². The topological polar surface area (TPSA) is 44.8 Å². The summed E-state index contributed by atoms with van der Waals surface area (Å²) in [5, 5.41) is 0. The van der Waals surface area contributed by atoms with Crippen LogP contribution in [0.4, 0.5) is 0 Å². The Labute approximate surface area is 160 Å². The second kappa shape index (κ2) is 8.58. The summed E-state index contributed by atoms with van der Waals surface area (Å²) < 4.78 is 16.1. The number of ether oxygens (including phenoxy) is 3. The van der Waals surface area contributed by atoms with Gasteiger partial charge in [0.1, 0.15) is 5.75 Å². The molecule has 0 heterocycles. The number of rotatable bonds is 5. The number of carbonyl (C=O) groups is 1. The van der Waals surface area contributed by atoms with Crippen molar-refractivity contribution in [1.29, 1.82) is 0 Å². The van der Waals surface area contributed by atoms with Crippen molar-refractivity contribution in [2.75, 3.05) is 21.3 Å². The maximum atomic E-state index is 13.0. The van der Waals surface area contributed by atoms with Gasteiger partial charge < -0.3 is 14.2 Å². The lowest BCUT2D eigenvalue weighted by Gasteiger charge is -2.17. The Hall–Kier alpha value is -3.01. The molecule has 0 aliphatic heterocycles. The molecule has 2 aromatic carbocycles. The fourth-order valence-corrected chi connectivity index (χ4v) is 3.32. The van der Waals surface area contributed by atoms with E-state index in [4.69, 9.17) is 14.2 Å². The van der Waals surface area contributed by atoms with Gasteiger partial charge in [-0.3, -0.25) is 4.79 Å². The van der Waals surface area contributed by atoms with Gasteiger partial charge in [-0.2, -0.15) is 0 Å². The molecule has 0 bridgehead atoms. The van der Waals surface area contributed by atoms with Crippen molar-refractivity contribution >= 4 is 17.9 Å². The molecule has 0 unspecified atom stereocenters. The van der Waals surface area contributed by atoms with Gasteiger partial charge in [0.25, 0.3) is 0 Å². The summed E-state index contributed by atoms with van der Waals surface area (Å²) in [4.78, 5) is 13.0. The summed E-state index contributed by atoms with van der Waals surface area (Å²) in [6, 6.07) is 13.4. The van der Waals surface area contributed by atoms with Gasteiger partial charge >= 0.3 is 0 Å². The number of para-hydroxylation sites is 1. The number of hydrogen-bond donors (Lipinski definition) is 0. The van der Waals surface area contributed by atoms with Gasteiger partial charge in [0.2, 0.25) is 0 Å². The van der Waals surface area contributed by atoms with Crippen molar-refractivity contribution in [2.45, 2.75) is 19.3 Å². The van der Waals surface area contributed by atoms with E-state index in [0.717, 1.165) is 47.3 Å². The molecule has 140 valence electrons. The first-order chi connectivity index (χ1) is 13.2. The molecule has 27 heavy (non-hydrogen) atoms. The van der Waals surface area contributed by atoms with Gasteiger partial charge in [-0.25, -0.2) is 0 Å². The lowest BCUT2D eigenvalue weighted by atomic mass is 9.86. The lowest BCUT2D eigenvalue weighted by molar-refractivity contribution is -0.112. The van der Waals surface area contributed by atoms with E-state index < -0.39 is 0 Å². The molecule has 0 amide bonds. The second-order valence-corrected chi connectivity index (χ2v) is 6.38. The molecular formula is C23H24O4. The molecule has 0 atom stereocenters. The SMILES string of the molecule is COc1cccc(/C=C2\CCC/C(=C\c3cccc(OC)c3OC)C2=O)c1. The van der Waals surface area contributed by atoms with E-state index in [-0.39, 0.29) is 5.78 Å². The number of Topliss-reactive ketones (excluding diaryl/α,β-unsaturated/α-hetero) is 1. The third-order valence-electron chi connectivity index (χ3n) is 4.67. The molecule has 1 saturated carbocycles. The highest BCUT2D eigenvalue weighted by atomic mass is 16.5. The van der Waals surface area contributed by atoms with Crippen LogP contribution in [0.1, 0.15) is 30.4 Å². The van der Waals surface area contributed by atoms with E-state index in [9.17, 15) is 4.79 Å². The predicted octanol–water partition coefficient (Wildman–Crippen LogP) is 4.93. The van der Waals surface area contributed by atoms with Crippen LogP contribution >= 0.6 is 0 Å². The standard InChI is InChI=1S/C23H24O4/c1-25-20-11-4-7-16(14-20)13-17-8-5-9-18(22(17)24)15-19-10-6-12-21(26-2)23(19)27-3/h4,6-7,10-15H,5,8-9H2,1-3H3/b17-13+,18-15+. The van der Waals surface area contributed by atoms with Crippen molar-refractivity contribution in [1.82, 2.24) is 0 Å². The van der Waals surface area contributed by atoms with E-state index in [0.29, 0.717) is 11.5 Å². The Morgan fingerprint density at radius 2 is 1.59 bits per heavy atom. The maximum Gasteiger partial charge on any atom is 0.185 e. The molecule has 1 aliphatic carbocycles. The zero-order valence-corrected chi connectivity index (χ0v) is 16.0. The molecular weight excluding hydrogens is 340 g/mol. The van der Waals surface area contributed by atoms with Crippen LogP contribution in [-0.4, -0.2) is 27.1 Å². The Morgan fingerprint density at radius 1 is 0.852 bits per heavy atom. The summed E-state index contributed by atoms with van der Waals surface area (Å²) in [7, 11) is 4.85. The van der Waals surface area contributed by atoms with Crippen LogP contribution < -0.4 is 14.2 Å². The molecule has 0 N–H and O–H groups in total. The third kappa shape index (κ3) is 4.22. The molecule has 2 aromatic rings. The molecule has 0 aromatic heterocycles. The normalized spacial score (nSPS) is 17.2. The van der Waals surface area contributed by atoms with Crippen LogP contribution in [0.15, 0.2) is 53.6 Å². The van der Waals surface area contributed by atoms with Gasteiger partial charge in [0.15, 0.2) is 17.3 Å². The first kappa shape index (κ1) is 18.8. The fourth-order valence-electron chi connectivity index (χ4n) is 3.32. The van der Waals surface area contributed by atoms with Crippen LogP contribution in [0.3, 0.4) is 0 Å². The average Bonchev–Trinajstić information content (AvgIpc) is 2.70. The van der Waals surface area contributed by atoms with Crippen LogP contribution in [0, 0.1) is 0 Å². The Morgan fingerprint density at radius 3 is 2.30 bits per heavy atom. The molecule has 3 rings (SSSR count). The zero-order chi connectivity index (χ0) is 19.2. The largest absolute Gasteiger partial charge is 0.497 e. The average molecular weight is 364 g/mol. The summed E-state index contributed by atoms with van der Waals surface area (Å²) in [6.45, 7) is 0. The van der Waals surface area contributed by atoms with Crippen LogP contribution in [0.2, 0.25) is 0 Å². The molecule has 0 spiro atoms. The predicted molar refractivity (Wildman–Crippen MR) is 107 cm³/mol. The van der Waals surface area contributed by atoms with Crippen molar-refractivity contribution in [3.63, 3.8) is 0 Å². The molecule has 4 nitrogen and oxygen atoms in total. The van der Waals surface area contributed by atoms with E-state index >= 15 is 0 Å². The van der Waals surface area contributed by atoms with Crippen LogP contribution in [0.5, 0.6) is 17.2 Å². The monoisotopic (exact) mass is 364 g/mol. The molecule has 0 radical (unpaired) electrons. The fraction of sp³-hybridized carbons (Fsp3) is 0.261. The Balaban J connectivity index is 1.93. The maximum absolute atomic E-state index is 13.0. The minimum Gasteiger partial charge on any atom is -0.497 e. The van der Waals surface area contributed by atoms with Crippen LogP contribution in [0.25, 0.3) is 12.2 Å². The second-order valence-electron chi connectivity index (χ2n) is 6.38. The molecule has 4 heteroatoms. The van der Waals surface area contributed by atoms with Gasteiger partial charge in [-0.05, 0) is 55.2 Å². The summed E-state index contributed by atoms with van der Waals surface area (Å²) >= 11 is 0. The van der Waals surface area contributed by atoms with Crippen molar-refractivity contribution in [2.24, 2.45) is 0 Å². The van der Waals surface area contributed by atoms with Crippen molar-refractivity contribution in [3.05, 3.63) is 64.7 Å². The zero-order valence-electron chi connectivity index (χ0n) is 16.0. The molecule has 1 aliphatic rings. The number of methoxy groups -OCH3 is 3. The van der Waals surface area contributed by atoms with E-state index in [1.807, 2.05) is 54.6 Å². The Kier molecular flexibility index (Phi) is 5.97. The highest BCUT2D eigenvalue weighted by Gasteiger charge is 2.21. The number of carbonyl (C=O) groups excluding carboxylic acids is 1. The van der Waals surface area contributed by atoms with E-state index in [1.165, 1.54) is 0 Å². The first-order valence-electron chi connectivity index (χ1n) is 8.97. The summed E-state index contributed by atoms with van der Waals surface area (Å²) in [6.07, 6.45) is 6.36. The van der Waals surface area contributed by atoms with Gasteiger partial charge in [-0.1, -0.05) is 24.3 Å². The quantitative estimate of drug-likeness (QED) is 0.706.